The molecule has 3 rings (SSSR count). The molecule has 2 N–H and O–H groups in total. The Labute approximate surface area is 153 Å². The van der Waals surface area contributed by atoms with E-state index in [1.165, 1.54) is 26.2 Å². The van der Waals surface area contributed by atoms with Crippen LogP contribution in [-0.4, -0.2) is 28.6 Å². The van der Waals surface area contributed by atoms with Crippen LogP contribution in [0.5, 0.6) is 0 Å². The zero-order valence-electron chi connectivity index (χ0n) is 15.1. The van der Waals surface area contributed by atoms with Crippen molar-refractivity contribution < 1.29 is 4.79 Å². The van der Waals surface area contributed by atoms with Gasteiger partial charge in [-0.05, 0) is 36.0 Å². The lowest BCUT2D eigenvalue weighted by Crippen LogP contribution is -2.32. The number of nitrogens with one attached hydrogen (secondary N) is 2. The molecule has 25 heavy (non-hydrogen) atoms. The van der Waals surface area contributed by atoms with Crippen molar-refractivity contribution in [2.45, 2.75) is 46.1 Å². The molecule has 1 heterocycles. The quantitative estimate of drug-likeness (QED) is 0.862. The first-order valence-corrected chi connectivity index (χ1v) is 9.92. The highest BCUT2D eigenvalue weighted by atomic mass is 32.2. The van der Waals surface area contributed by atoms with E-state index in [9.17, 15) is 4.79 Å². The molecule has 1 aromatic rings. The van der Waals surface area contributed by atoms with Crippen LogP contribution in [0.1, 0.15) is 45.6 Å². The van der Waals surface area contributed by atoms with Gasteiger partial charge in [-0.25, -0.2) is 0 Å². The fourth-order valence-electron chi connectivity index (χ4n) is 3.37. The molecule has 2 aliphatic rings. The predicted molar refractivity (Wildman–Crippen MR) is 106 cm³/mol. The van der Waals surface area contributed by atoms with Gasteiger partial charge in [0.2, 0.25) is 5.91 Å². The number of benzene rings is 1. The van der Waals surface area contributed by atoms with Crippen molar-refractivity contribution in [2.75, 3.05) is 11.1 Å². The highest BCUT2D eigenvalue weighted by Crippen LogP contribution is 2.32. The zero-order chi connectivity index (χ0) is 17.8. The Morgan fingerprint density at radius 1 is 1.28 bits per heavy atom. The van der Waals surface area contributed by atoms with E-state index in [4.69, 9.17) is 4.99 Å². The second-order valence-electron chi connectivity index (χ2n) is 6.99. The van der Waals surface area contributed by atoms with Crippen molar-refractivity contribution in [3.05, 3.63) is 29.8 Å². The van der Waals surface area contributed by atoms with Gasteiger partial charge in [0, 0.05) is 18.4 Å². The minimum atomic E-state index is -0.0629. The third kappa shape index (κ3) is 4.63. The number of amidine groups is 1. The molecule has 0 unspecified atom stereocenters. The number of anilines is 1. The van der Waals surface area contributed by atoms with Crippen LogP contribution in [-0.2, 0) is 4.79 Å². The van der Waals surface area contributed by atoms with Crippen LogP contribution >= 0.6 is 11.8 Å². The van der Waals surface area contributed by atoms with Crippen LogP contribution < -0.4 is 10.7 Å². The molecule has 1 aliphatic heterocycles. The van der Waals surface area contributed by atoms with E-state index >= 15 is 0 Å². The predicted octanol–water partition coefficient (Wildman–Crippen LogP) is 3.87. The number of rotatable bonds is 3. The van der Waals surface area contributed by atoms with Crippen LogP contribution in [0.3, 0.4) is 0 Å². The molecule has 6 heteroatoms. The molecule has 0 spiro atoms. The Morgan fingerprint density at radius 3 is 2.68 bits per heavy atom. The average molecular weight is 359 g/mol. The maximum Gasteiger partial charge on any atom is 0.221 e. The molecule has 5 nitrogen and oxygen atoms in total. The Morgan fingerprint density at radius 2 is 2.04 bits per heavy atom. The van der Waals surface area contributed by atoms with E-state index in [1.54, 1.807) is 11.8 Å². The van der Waals surface area contributed by atoms with Gasteiger partial charge < -0.3 is 5.32 Å². The maximum absolute atomic E-state index is 11.1. The third-order valence-corrected chi connectivity index (χ3v) is 6.01. The summed E-state index contributed by atoms with van der Waals surface area (Å²) >= 11 is 1.72. The van der Waals surface area contributed by atoms with Gasteiger partial charge in [0.15, 0.2) is 5.17 Å². The van der Waals surface area contributed by atoms with Gasteiger partial charge in [-0.2, -0.15) is 5.10 Å². The minimum absolute atomic E-state index is 0.0629. The number of aliphatic imine (C=N–C) groups is 1. The molecule has 1 fully saturated rings. The number of carbonyl (C=O) groups is 1. The Balaban J connectivity index is 1.64. The van der Waals surface area contributed by atoms with Crippen molar-refractivity contribution >= 4 is 34.2 Å². The van der Waals surface area contributed by atoms with Gasteiger partial charge in [0.1, 0.15) is 0 Å². The number of nitrogens with zero attached hydrogens (tertiary/aromatic N) is 2. The van der Waals surface area contributed by atoms with E-state index in [0.717, 1.165) is 33.8 Å². The normalized spacial score (nSPS) is 28.2. The van der Waals surface area contributed by atoms with Crippen molar-refractivity contribution in [1.82, 2.24) is 5.43 Å². The van der Waals surface area contributed by atoms with Crippen LogP contribution in [0.2, 0.25) is 0 Å². The van der Waals surface area contributed by atoms with Crippen molar-refractivity contribution in [2.24, 2.45) is 21.9 Å². The molecule has 0 saturated heterocycles. The fraction of sp³-hybridized carbons (Fsp3) is 0.526. The van der Waals surface area contributed by atoms with Crippen molar-refractivity contribution in [1.29, 1.82) is 0 Å². The summed E-state index contributed by atoms with van der Waals surface area (Å²) in [5, 5.41) is 8.22. The Hall–Kier alpha value is -1.82. The molecular weight excluding hydrogens is 332 g/mol. The summed E-state index contributed by atoms with van der Waals surface area (Å²) in [6.07, 6.45) is 3.77. The smallest absolute Gasteiger partial charge is 0.221 e. The van der Waals surface area contributed by atoms with Gasteiger partial charge >= 0.3 is 0 Å². The van der Waals surface area contributed by atoms with Gasteiger partial charge in [-0.15, -0.1) is 0 Å². The van der Waals surface area contributed by atoms with E-state index < -0.39 is 0 Å². The Kier molecular flexibility index (Phi) is 5.78. The molecule has 134 valence electrons. The van der Waals surface area contributed by atoms with Gasteiger partial charge in [0.05, 0.1) is 11.8 Å². The standard InChI is InChI=1S/C19H26N4OS/c1-12-5-4-6-17(13(12)2)21-19-23-22-18(11-25-19)15-7-9-16(10-8-15)20-14(3)24/h7-10,12-13,17H,4-6,11H2,1-3H3,(H,20,24)(H,21,23)/t12-,13+,17+/m0/s1. The molecular formula is C19H26N4OS. The minimum Gasteiger partial charge on any atom is -0.326 e. The lowest BCUT2D eigenvalue weighted by atomic mass is 9.78. The van der Waals surface area contributed by atoms with E-state index in [-0.39, 0.29) is 5.91 Å². The summed E-state index contributed by atoms with van der Waals surface area (Å²) in [7, 11) is 0. The Bertz CT molecular complexity index is 683. The summed E-state index contributed by atoms with van der Waals surface area (Å²) in [4.78, 5) is 16.0. The number of thioether (sulfide) groups is 1. The first kappa shape index (κ1) is 18.0. The zero-order valence-corrected chi connectivity index (χ0v) is 15.9. The summed E-state index contributed by atoms with van der Waals surface area (Å²) < 4.78 is 0. The van der Waals surface area contributed by atoms with E-state index in [2.05, 4.69) is 29.7 Å². The largest absolute Gasteiger partial charge is 0.326 e. The lowest BCUT2D eigenvalue weighted by molar-refractivity contribution is -0.114. The van der Waals surface area contributed by atoms with Crippen LogP contribution in [0.4, 0.5) is 5.69 Å². The molecule has 0 aromatic heterocycles. The molecule has 1 aliphatic carbocycles. The summed E-state index contributed by atoms with van der Waals surface area (Å²) in [6.45, 7) is 6.16. The maximum atomic E-state index is 11.1. The first-order valence-electron chi connectivity index (χ1n) is 8.94. The molecule has 3 atom stereocenters. The highest BCUT2D eigenvalue weighted by molar-refractivity contribution is 8.14. The van der Waals surface area contributed by atoms with Gasteiger partial charge in [-0.3, -0.25) is 15.2 Å². The number of hydrogen-bond donors (Lipinski definition) is 2. The third-order valence-electron chi connectivity index (χ3n) is 5.12. The summed E-state index contributed by atoms with van der Waals surface area (Å²) in [5.41, 5.74) is 6.00. The summed E-state index contributed by atoms with van der Waals surface area (Å²) in [5.74, 6) is 2.13. The second-order valence-corrected chi connectivity index (χ2v) is 7.95. The summed E-state index contributed by atoms with van der Waals surface area (Å²) in [6, 6.07) is 8.18. The fourth-order valence-corrected chi connectivity index (χ4v) is 4.19. The van der Waals surface area contributed by atoms with Crippen LogP contribution in [0, 0.1) is 11.8 Å². The monoisotopic (exact) mass is 358 g/mol. The SMILES string of the molecule is CC(=O)Nc1ccc(C2=NNC(=N[C@@H]3CCC[C@H](C)[C@H]3C)SC2)cc1. The number of amides is 1. The lowest BCUT2D eigenvalue weighted by Gasteiger charge is -2.32. The van der Waals surface area contributed by atoms with Crippen molar-refractivity contribution in [3.63, 3.8) is 0 Å². The molecule has 0 bridgehead atoms. The second kappa shape index (κ2) is 8.04. The molecule has 0 radical (unpaired) electrons. The number of hydrogen-bond acceptors (Lipinski definition) is 4. The number of carbonyl (C=O) groups excluding carboxylic acids is 1. The topological polar surface area (TPSA) is 65.8 Å². The van der Waals surface area contributed by atoms with Gasteiger partial charge in [0.25, 0.3) is 0 Å². The van der Waals surface area contributed by atoms with Crippen LogP contribution in [0.15, 0.2) is 34.4 Å². The van der Waals surface area contributed by atoms with E-state index in [1.807, 2.05) is 24.3 Å². The first-order chi connectivity index (χ1) is 12.0. The van der Waals surface area contributed by atoms with E-state index in [0.29, 0.717) is 12.0 Å². The van der Waals surface area contributed by atoms with Gasteiger partial charge in [-0.1, -0.05) is 50.6 Å². The van der Waals surface area contributed by atoms with Crippen LogP contribution in [0.25, 0.3) is 0 Å². The molecule has 1 saturated carbocycles. The average Bonchev–Trinajstić information content (AvgIpc) is 2.60. The molecule has 1 amide bonds. The molecule has 1 aromatic carbocycles. The number of hydrazone groups is 1. The highest BCUT2D eigenvalue weighted by Gasteiger charge is 2.27. The van der Waals surface area contributed by atoms with Crippen molar-refractivity contribution in [3.8, 4) is 0 Å².